The molecule has 2 aliphatic rings. The Labute approximate surface area is 135 Å². The maximum absolute atomic E-state index is 14.4. The number of benzene rings is 1. The number of piperidine rings is 1. The minimum absolute atomic E-state index is 0.112. The van der Waals surface area contributed by atoms with Crippen LogP contribution in [0.1, 0.15) is 33.1 Å². The molecular weight excluding hydrogens is 331 g/mol. The van der Waals surface area contributed by atoms with Crippen LogP contribution in [-0.4, -0.2) is 36.6 Å². The average Bonchev–Trinajstić information content (AvgIpc) is 2.46. The monoisotopic (exact) mass is 354 g/mol. The lowest BCUT2D eigenvalue weighted by Gasteiger charge is -2.51. The Balaban J connectivity index is 1.94. The molecule has 2 saturated heterocycles. The Bertz CT molecular complexity index is 485. The van der Waals surface area contributed by atoms with E-state index >= 15 is 0 Å². The minimum atomic E-state index is -0.112. The molecule has 0 amide bonds. The van der Waals surface area contributed by atoms with Gasteiger partial charge in [-0.25, -0.2) is 4.39 Å². The Morgan fingerprint density at radius 3 is 2.76 bits per heavy atom. The molecule has 2 atom stereocenters. The van der Waals surface area contributed by atoms with E-state index in [1.807, 2.05) is 6.07 Å². The molecule has 2 unspecified atom stereocenters. The van der Waals surface area contributed by atoms with E-state index in [0.717, 1.165) is 23.2 Å². The van der Waals surface area contributed by atoms with Crippen LogP contribution < -0.4 is 4.90 Å². The zero-order valence-electron chi connectivity index (χ0n) is 12.9. The van der Waals surface area contributed by atoms with Crippen molar-refractivity contribution in [1.82, 2.24) is 4.90 Å². The first-order valence-corrected chi connectivity index (χ1v) is 8.82. The number of hydrogen-bond acceptors (Lipinski definition) is 2. The number of halogens is 2. The van der Waals surface area contributed by atoms with E-state index < -0.39 is 0 Å². The summed E-state index contributed by atoms with van der Waals surface area (Å²) in [6, 6.07) is 6.26. The molecular formula is C17H24BrFN2. The number of para-hydroxylation sites is 1. The predicted molar refractivity (Wildman–Crippen MR) is 89.3 cm³/mol. The summed E-state index contributed by atoms with van der Waals surface area (Å²) in [4.78, 5) is 4.94. The van der Waals surface area contributed by atoms with Crippen molar-refractivity contribution in [3.8, 4) is 0 Å². The molecule has 3 rings (SSSR count). The van der Waals surface area contributed by atoms with Gasteiger partial charge in [0.1, 0.15) is 5.82 Å². The third-order valence-corrected chi connectivity index (χ3v) is 5.61. The largest absolute Gasteiger partial charge is 0.362 e. The lowest BCUT2D eigenvalue weighted by Crippen LogP contribution is -2.61. The highest BCUT2D eigenvalue weighted by atomic mass is 79.9. The normalized spacial score (nSPS) is 27.0. The van der Waals surface area contributed by atoms with Gasteiger partial charge in [-0.3, -0.25) is 4.90 Å². The highest BCUT2D eigenvalue weighted by Gasteiger charge is 2.37. The molecule has 2 nitrogen and oxygen atoms in total. The van der Waals surface area contributed by atoms with E-state index in [1.165, 1.54) is 25.8 Å². The molecule has 2 heterocycles. The smallest absolute Gasteiger partial charge is 0.147 e. The minimum Gasteiger partial charge on any atom is -0.362 e. The Hall–Kier alpha value is -0.610. The van der Waals surface area contributed by atoms with Crippen molar-refractivity contribution >= 4 is 21.6 Å². The van der Waals surface area contributed by atoms with Crippen LogP contribution in [0.25, 0.3) is 0 Å². The molecule has 0 radical (unpaired) electrons. The fraction of sp³-hybridized carbons (Fsp3) is 0.647. The molecule has 4 heteroatoms. The Kier molecular flexibility index (Phi) is 4.55. The van der Waals surface area contributed by atoms with Crippen molar-refractivity contribution in [1.29, 1.82) is 0 Å². The molecule has 2 fully saturated rings. The SMILES string of the molecule is CC(C)C1CN2CCCCC2CN1c1c(F)cccc1Br. The van der Waals surface area contributed by atoms with Crippen LogP contribution in [0.2, 0.25) is 0 Å². The lowest BCUT2D eigenvalue weighted by atomic mass is 9.91. The van der Waals surface area contributed by atoms with Gasteiger partial charge in [0, 0.05) is 29.6 Å². The van der Waals surface area contributed by atoms with Gasteiger partial charge in [-0.15, -0.1) is 0 Å². The van der Waals surface area contributed by atoms with Crippen LogP contribution in [0.3, 0.4) is 0 Å². The summed E-state index contributed by atoms with van der Waals surface area (Å²) in [5, 5.41) is 0. The molecule has 0 aliphatic carbocycles. The highest BCUT2D eigenvalue weighted by Crippen LogP contribution is 2.36. The highest BCUT2D eigenvalue weighted by molar-refractivity contribution is 9.10. The average molecular weight is 355 g/mol. The second-order valence-corrected chi connectivity index (χ2v) is 7.53. The van der Waals surface area contributed by atoms with Crippen molar-refractivity contribution in [3.63, 3.8) is 0 Å². The quantitative estimate of drug-likeness (QED) is 0.781. The standard InChI is InChI=1S/C17H24BrFN2/c1-12(2)16-11-20-9-4-3-6-13(20)10-21(16)17-14(18)7-5-8-15(17)19/h5,7-8,12-13,16H,3-4,6,9-11H2,1-2H3. The van der Waals surface area contributed by atoms with Gasteiger partial charge in [0.05, 0.1) is 5.69 Å². The summed E-state index contributed by atoms with van der Waals surface area (Å²) in [6.07, 6.45) is 3.86. The van der Waals surface area contributed by atoms with Crippen LogP contribution in [-0.2, 0) is 0 Å². The van der Waals surface area contributed by atoms with Gasteiger partial charge in [0.25, 0.3) is 0 Å². The van der Waals surface area contributed by atoms with E-state index in [-0.39, 0.29) is 5.82 Å². The number of fused-ring (bicyclic) bond motifs is 1. The first-order valence-electron chi connectivity index (χ1n) is 8.02. The second kappa shape index (κ2) is 6.25. The molecule has 0 N–H and O–H groups in total. The topological polar surface area (TPSA) is 6.48 Å². The zero-order chi connectivity index (χ0) is 15.0. The maximum Gasteiger partial charge on any atom is 0.147 e. The second-order valence-electron chi connectivity index (χ2n) is 6.68. The number of anilines is 1. The summed E-state index contributed by atoms with van der Waals surface area (Å²) < 4.78 is 15.3. The van der Waals surface area contributed by atoms with Crippen molar-refractivity contribution in [2.45, 2.75) is 45.2 Å². The molecule has 1 aromatic rings. The molecule has 0 aromatic heterocycles. The van der Waals surface area contributed by atoms with Gasteiger partial charge in [-0.05, 0) is 53.4 Å². The van der Waals surface area contributed by atoms with E-state index in [2.05, 4.69) is 39.6 Å². The molecule has 0 bridgehead atoms. The van der Waals surface area contributed by atoms with Crippen molar-refractivity contribution in [3.05, 3.63) is 28.5 Å². The maximum atomic E-state index is 14.4. The molecule has 0 saturated carbocycles. The van der Waals surface area contributed by atoms with Crippen molar-refractivity contribution in [2.75, 3.05) is 24.5 Å². The fourth-order valence-electron chi connectivity index (χ4n) is 3.80. The van der Waals surface area contributed by atoms with Gasteiger partial charge in [0.2, 0.25) is 0 Å². The van der Waals surface area contributed by atoms with Gasteiger partial charge >= 0.3 is 0 Å². The summed E-state index contributed by atoms with van der Waals surface area (Å²) in [5.41, 5.74) is 0.751. The van der Waals surface area contributed by atoms with Gasteiger partial charge in [-0.2, -0.15) is 0 Å². The number of rotatable bonds is 2. The van der Waals surface area contributed by atoms with E-state index in [4.69, 9.17) is 0 Å². The zero-order valence-corrected chi connectivity index (χ0v) is 14.4. The number of hydrogen-bond donors (Lipinski definition) is 0. The van der Waals surface area contributed by atoms with Crippen LogP contribution in [0.4, 0.5) is 10.1 Å². The molecule has 2 aliphatic heterocycles. The van der Waals surface area contributed by atoms with E-state index in [1.54, 1.807) is 12.1 Å². The molecule has 1 aromatic carbocycles. The van der Waals surface area contributed by atoms with Crippen molar-refractivity contribution in [2.24, 2.45) is 5.92 Å². The van der Waals surface area contributed by atoms with E-state index in [0.29, 0.717) is 18.0 Å². The van der Waals surface area contributed by atoms with Gasteiger partial charge in [0.15, 0.2) is 0 Å². The summed E-state index contributed by atoms with van der Waals surface area (Å²) in [5.74, 6) is 0.402. The van der Waals surface area contributed by atoms with Crippen LogP contribution in [0, 0.1) is 11.7 Å². The predicted octanol–water partition coefficient (Wildman–Crippen LogP) is 4.29. The third-order valence-electron chi connectivity index (χ3n) is 4.97. The van der Waals surface area contributed by atoms with Crippen LogP contribution in [0.5, 0.6) is 0 Å². The van der Waals surface area contributed by atoms with Crippen molar-refractivity contribution < 1.29 is 4.39 Å². The van der Waals surface area contributed by atoms with Crippen LogP contribution in [0.15, 0.2) is 22.7 Å². The summed E-state index contributed by atoms with van der Waals surface area (Å²) in [6.45, 7) is 7.71. The molecule has 21 heavy (non-hydrogen) atoms. The lowest BCUT2D eigenvalue weighted by molar-refractivity contribution is 0.1000. The van der Waals surface area contributed by atoms with Gasteiger partial charge in [-0.1, -0.05) is 26.3 Å². The Morgan fingerprint density at radius 1 is 1.24 bits per heavy atom. The fourth-order valence-corrected chi connectivity index (χ4v) is 4.37. The van der Waals surface area contributed by atoms with Gasteiger partial charge < -0.3 is 4.90 Å². The Morgan fingerprint density at radius 2 is 2.05 bits per heavy atom. The molecule has 0 spiro atoms. The molecule has 116 valence electrons. The summed E-state index contributed by atoms with van der Waals surface area (Å²) in [7, 11) is 0. The third kappa shape index (κ3) is 2.98. The number of piperazine rings is 1. The van der Waals surface area contributed by atoms with Crippen LogP contribution >= 0.6 is 15.9 Å². The first kappa shape index (κ1) is 15.3. The number of nitrogens with zero attached hydrogens (tertiary/aromatic N) is 2. The van der Waals surface area contributed by atoms with E-state index in [9.17, 15) is 4.39 Å². The first-order chi connectivity index (χ1) is 10.1. The summed E-state index contributed by atoms with van der Waals surface area (Å²) >= 11 is 3.55.